The topological polar surface area (TPSA) is 0 Å². The van der Waals surface area contributed by atoms with Crippen LogP contribution in [0.1, 0.15) is 23.6 Å². The van der Waals surface area contributed by atoms with Gasteiger partial charge in [-0.3, -0.25) is 0 Å². The second-order valence-electron chi connectivity index (χ2n) is 5.11. The van der Waals surface area contributed by atoms with Crippen LogP contribution in [-0.2, 0) is 6.42 Å². The van der Waals surface area contributed by atoms with E-state index < -0.39 is 0 Å². The Labute approximate surface area is 141 Å². The molecule has 0 heterocycles. The third-order valence-corrected chi connectivity index (χ3v) is 3.23. The summed E-state index contributed by atoms with van der Waals surface area (Å²) in [4.78, 5) is 0. The molecule has 0 spiro atoms. The van der Waals surface area contributed by atoms with Gasteiger partial charge in [0.15, 0.2) is 0 Å². The molecular weight excluding hydrogens is 276 g/mol. The van der Waals surface area contributed by atoms with Gasteiger partial charge in [0.2, 0.25) is 0 Å². The fraction of sp³-hybridized carbons (Fsp3) is 0.130. The Morgan fingerprint density at radius 1 is 0.696 bits per heavy atom. The molecule has 0 atom stereocenters. The minimum absolute atomic E-state index is 1.14. The molecule has 0 fully saturated rings. The fourth-order valence-electron chi connectivity index (χ4n) is 1.84. The molecule has 0 radical (unpaired) electrons. The highest BCUT2D eigenvalue weighted by atomic mass is 13.9. The molecule has 0 amide bonds. The summed E-state index contributed by atoms with van der Waals surface area (Å²) >= 11 is 0. The molecule has 3 aromatic rings. The molecule has 0 unspecified atom stereocenters. The molecule has 3 rings (SSSR count). The first-order valence-corrected chi connectivity index (χ1v) is 7.99. The summed E-state index contributed by atoms with van der Waals surface area (Å²) in [5, 5.41) is 0. The highest BCUT2D eigenvalue weighted by Gasteiger charge is 1.80. The van der Waals surface area contributed by atoms with Crippen LogP contribution in [0.3, 0.4) is 0 Å². The Bertz CT molecular complexity index is 625. The lowest BCUT2D eigenvalue weighted by Gasteiger charge is -1.89. The van der Waals surface area contributed by atoms with E-state index in [1.807, 2.05) is 60.7 Å². The van der Waals surface area contributed by atoms with Crippen LogP contribution in [0.5, 0.6) is 0 Å². The van der Waals surface area contributed by atoms with Gasteiger partial charge in [0.25, 0.3) is 0 Å². The van der Waals surface area contributed by atoms with Crippen molar-refractivity contribution in [2.24, 2.45) is 0 Å². The Kier molecular flexibility index (Phi) is 9.62. The Balaban J connectivity index is 0.000000173. The van der Waals surface area contributed by atoms with E-state index in [0.717, 1.165) is 6.42 Å². The van der Waals surface area contributed by atoms with E-state index in [4.69, 9.17) is 0 Å². The van der Waals surface area contributed by atoms with Gasteiger partial charge in [-0.25, -0.2) is 0 Å². The molecule has 0 aromatic heterocycles. The first-order valence-electron chi connectivity index (χ1n) is 7.99. The third kappa shape index (κ3) is 9.10. The summed E-state index contributed by atoms with van der Waals surface area (Å²) in [6.45, 7) is 7.88. The van der Waals surface area contributed by atoms with E-state index >= 15 is 0 Å². The molecule has 23 heavy (non-hydrogen) atoms. The molecule has 0 aliphatic rings. The van der Waals surface area contributed by atoms with Crippen molar-refractivity contribution in [1.29, 1.82) is 0 Å². The van der Waals surface area contributed by atoms with Gasteiger partial charge in [-0.15, -0.1) is 0 Å². The van der Waals surface area contributed by atoms with Gasteiger partial charge in [0.1, 0.15) is 0 Å². The van der Waals surface area contributed by atoms with Gasteiger partial charge in [-0.2, -0.15) is 0 Å². The maximum Gasteiger partial charge on any atom is -0.0263 e. The Morgan fingerprint density at radius 2 is 1.13 bits per heavy atom. The van der Waals surface area contributed by atoms with E-state index in [1.165, 1.54) is 16.7 Å². The van der Waals surface area contributed by atoms with Crippen molar-refractivity contribution in [3.63, 3.8) is 0 Å². The lowest BCUT2D eigenvalue weighted by atomic mass is 10.2. The lowest BCUT2D eigenvalue weighted by molar-refractivity contribution is 1.14. The molecule has 0 aliphatic heterocycles. The van der Waals surface area contributed by atoms with Crippen molar-refractivity contribution >= 4 is 6.08 Å². The molecule has 0 heteroatoms. The van der Waals surface area contributed by atoms with Gasteiger partial charge < -0.3 is 0 Å². The maximum absolute atomic E-state index is 3.63. The van der Waals surface area contributed by atoms with Crippen LogP contribution in [0.15, 0.2) is 97.6 Å². The van der Waals surface area contributed by atoms with Gasteiger partial charge in [-0.05, 0) is 24.5 Å². The number of benzene rings is 3. The minimum Gasteiger partial charge on any atom is -0.0985 e. The first-order chi connectivity index (χ1) is 11.3. The monoisotopic (exact) mass is 302 g/mol. The predicted molar refractivity (Wildman–Crippen MR) is 104 cm³/mol. The highest BCUT2D eigenvalue weighted by Crippen LogP contribution is 1.98. The lowest BCUT2D eigenvalue weighted by Crippen LogP contribution is -1.73. The smallest absolute Gasteiger partial charge is 0.0263 e. The number of aryl methyl sites for hydroxylation is 2. The summed E-state index contributed by atoms with van der Waals surface area (Å²) < 4.78 is 0. The maximum atomic E-state index is 3.63. The second kappa shape index (κ2) is 12.0. The van der Waals surface area contributed by atoms with Crippen LogP contribution in [0.2, 0.25) is 0 Å². The quantitative estimate of drug-likeness (QED) is 0.502. The van der Waals surface area contributed by atoms with E-state index in [1.54, 1.807) is 0 Å². The van der Waals surface area contributed by atoms with Crippen LogP contribution in [-0.4, -0.2) is 0 Å². The standard InChI is InChI=1S/C8H10.C8H8.C7H8/c2*1-2-8-6-4-3-5-7-8;1-7-5-3-2-4-6-7/h3-7H,2H2,1H3;2-7H,1H2;2-6H,1H3. The van der Waals surface area contributed by atoms with E-state index in [0.29, 0.717) is 0 Å². The van der Waals surface area contributed by atoms with Crippen molar-refractivity contribution in [2.45, 2.75) is 20.3 Å². The normalized spacial score (nSPS) is 8.78. The number of rotatable bonds is 2. The van der Waals surface area contributed by atoms with Gasteiger partial charge in [-0.1, -0.05) is 116 Å². The van der Waals surface area contributed by atoms with Crippen molar-refractivity contribution in [3.05, 3.63) is 114 Å². The zero-order valence-electron chi connectivity index (χ0n) is 14.2. The molecule has 0 N–H and O–H groups in total. The molecular formula is C23H26. The average Bonchev–Trinajstić information content (AvgIpc) is 2.65. The SMILES string of the molecule is C=Cc1ccccc1.CCc1ccccc1.Cc1ccccc1. The van der Waals surface area contributed by atoms with Crippen LogP contribution in [0.25, 0.3) is 6.08 Å². The molecule has 3 aromatic carbocycles. The zero-order valence-corrected chi connectivity index (χ0v) is 14.2. The molecule has 0 saturated carbocycles. The van der Waals surface area contributed by atoms with Gasteiger partial charge in [0, 0.05) is 0 Å². The van der Waals surface area contributed by atoms with Crippen molar-refractivity contribution < 1.29 is 0 Å². The molecule has 0 bridgehead atoms. The molecule has 118 valence electrons. The van der Waals surface area contributed by atoms with Crippen LogP contribution in [0.4, 0.5) is 0 Å². The van der Waals surface area contributed by atoms with E-state index in [9.17, 15) is 0 Å². The molecule has 0 aliphatic carbocycles. The largest absolute Gasteiger partial charge is 0.0985 e. The zero-order chi connectivity index (χ0) is 16.8. The van der Waals surface area contributed by atoms with Crippen molar-refractivity contribution in [1.82, 2.24) is 0 Å². The van der Waals surface area contributed by atoms with Crippen LogP contribution in [0, 0.1) is 6.92 Å². The predicted octanol–water partition coefficient (Wildman–Crippen LogP) is 6.57. The van der Waals surface area contributed by atoms with E-state index in [-0.39, 0.29) is 0 Å². The number of hydrogen-bond donors (Lipinski definition) is 0. The Morgan fingerprint density at radius 3 is 1.39 bits per heavy atom. The van der Waals surface area contributed by atoms with Crippen molar-refractivity contribution in [2.75, 3.05) is 0 Å². The van der Waals surface area contributed by atoms with E-state index in [2.05, 4.69) is 56.8 Å². The fourth-order valence-corrected chi connectivity index (χ4v) is 1.84. The summed E-state index contributed by atoms with van der Waals surface area (Å²) in [5.41, 5.74) is 3.91. The summed E-state index contributed by atoms with van der Waals surface area (Å²) in [6.07, 6.45) is 2.97. The third-order valence-electron chi connectivity index (χ3n) is 3.23. The summed E-state index contributed by atoms with van der Waals surface area (Å²) in [5.74, 6) is 0. The average molecular weight is 302 g/mol. The van der Waals surface area contributed by atoms with Crippen molar-refractivity contribution in [3.8, 4) is 0 Å². The second-order valence-corrected chi connectivity index (χ2v) is 5.11. The number of hydrogen-bond acceptors (Lipinski definition) is 0. The first kappa shape index (κ1) is 18.4. The summed E-state index contributed by atoms with van der Waals surface area (Å²) in [6, 6.07) is 30.7. The summed E-state index contributed by atoms with van der Waals surface area (Å²) in [7, 11) is 0. The van der Waals surface area contributed by atoms with Gasteiger partial charge in [0.05, 0.1) is 0 Å². The molecule has 0 nitrogen and oxygen atoms in total. The Hall–Kier alpha value is -2.60. The van der Waals surface area contributed by atoms with Crippen LogP contribution >= 0.6 is 0 Å². The van der Waals surface area contributed by atoms with Gasteiger partial charge >= 0.3 is 0 Å². The van der Waals surface area contributed by atoms with Crippen LogP contribution < -0.4 is 0 Å². The minimum atomic E-state index is 1.14. The highest BCUT2D eigenvalue weighted by molar-refractivity contribution is 5.45. The molecule has 0 saturated heterocycles.